The van der Waals surface area contributed by atoms with Crippen molar-refractivity contribution in [1.29, 1.82) is 0 Å². The van der Waals surface area contributed by atoms with Gasteiger partial charge in [-0.1, -0.05) is 18.2 Å². The average Bonchev–Trinajstić information content (AvgIpc) is 2.74. The maximum atomic E-state index is 13.1. The van der Waals surface area contributed by atoms with Gasteiger partial charge in [-0.05, 0) is 26.0 Å². The first-order chi connectivity index (χ1) is 9.93. The summed E-state index contributed by atoms with van der Waals surface area (Å²) in [4.78, 5) is 10.7. The fourth-order valence-corrected chi connectivity index (χ4v) is 4.97. The molecule has 0 spiro atoms. The highest BCUT2D eigenvalue weighted by Gasteiger charge is 2.55. The Bertz CT molecular complexity index is 572. The summed E-state index contributed by atoms with van der Waals surface area (Å²) in [6.07, 6.45) is -1.97. The highest BCUT2D eigenvalue weighted by molar-refractivity contribution is 7.67. The van der Waals surface area contributed by atoms with Gasteiger partial charge in [-0.25, -0.2) is 0 Å². The van der Waals surface area contributed by atoms with E-state index in [0.29, 0.717) is 11.8 Å². The average molecular weight is 312 g/mol. The number of hydrogen-bond donors (Lipinski definition) is 0. The zero-order chi connectivity index (χ0) is 15.1. The van der Waals surface area contributed by atoms with Crippen LogP contribution in [0.2, 0.25) is 0 Å². The second-order valence-electron chi connectivity index (χ2n) is 5.54. The molecular weight excluding hydrogens is 295 g/mol. The van der Waals surface area contributed by atoms with Crippen molar-refractivity contribution >= 4 is 19.1 Å². The van der Waals surface area contributed by atoms with Crippen molar-refractivity contribution in [1.82, 2.24) is 0 Å². The molecule has 0 amide bonds. The van der Waals surface area contributed by atoms with E-state index in [1.807, 2.05) is 6.07 Å². The Morgan fingerprint density at radius 1 is 1.29 bits per heavy atom. The number of benzene rings is 1. The van der Waals surface area contributed by atoms with Gasteiger partial charge in [-0.3, -0.25) is 13.9 Å². The zero-order valence-corrected chi connectivity index (χ0v) is 12.7. The van der Waals surface area contributed by atoms with Gasteiger partial charge in [0.2, 0.25) is 7.37 Å². The lowest BCUT2D eigenvalue weighted by Crippen LogP contribution is -2.46. The number of ether oxygens (including phenoxy) is 3. The molecule has 3 rings (SSSR count). The topological polar surface area (TPSA) is 71.1 Å². The quantitative estimate of drug-likeness (QED) is 0.624. The number of hydrogen-bond acceptors (Lipinski definition) is 6. The number of rotatable bonds is 3. The maximum absolute atomic E-state index is 13.1. The van der Waals surface area contributed by atoms with Crippen molar-refractivity contribution < 1.29 is 28.1 Å². The van der Waals surface area contributed by atoms with E-state index in [2.05, 4.69) is 0 Å². The molecular formula is C14H17O6P. The van der Waals surface area contributed by atoms with Crippen LogP contribution in [-0.4, -0.2) is 36.9 Å². The fourth-order valence-electron chi connectivity index (χ4n) is 2.66. The predicted molar refractivity (Wildman–Crippen MR) is 74.4 cm³/mol. The zero-order valence-electron chi connectivity index (χ0n) is 11.8. The SMILES string of the molecule is CC1(C)O[C@H]2O[P@](=O)(c3ccccc3)C[C@@H](OC=O)[C@H]2O1. The normalized spacial score (nSPS) is 37.7. The Morgan fingerprint density at radius 2 is 2.00 bits per heavy atom. The standard InChI is InChI=1S/C14H17O6P/c1-14(2)18-12-11(17-9-15)8-21(16,20-13(12)19-14)10-6-4-3-5-7-10/h3-7,9,11-13H,8H2,1-2H3/t11-,12-,13+,21+/m1/s1. The monoisotopic (exact) mass is 312 g/mol. The lowest BCUT2D eigenvalue weighted by atomic mass is 10.2. The molecule has 2 aliphatic rings. The van der Waals surface area contributed by atoms with Gasteiger partial charge in [-0.15, -0.1) is 0 Å². The molecule has 0 unspecified atom stereocenters. The van der Waals surface area contributed by atoms with Gasteiger partial charge >= 0.3 is 0 Å². The van der Waals surface area contributed by atoms with Crippen molar-refractivity contribution in [3.05, 3.63) is 30.3 Å². The van der Waals surface area contributed by atoms with Gasteiger partial charge < -0.3 is 14.2 Å². The van der Waals surface area contributed by atoms with Gasteiger partial charge in [0.1, 0.15) is 12.2 Å². The Labute approximate surface area is 122 Å². The van der Waals surface area contributed by atoms with Crippen LogP contribution in [0.5, 0.6) is 0 Å². The van der Waals surface area contributed by atoms with E-state index in [-0.39, 0.29) is 6.16 Å². The molecule has 2 heterocycles. The van der Waals surface area contributed by atoms with Gasteiger partial charge in [0.05, 0.1) is 6.16 Å². The predicted octanol–water partition coefficient (Wildman–Crippen LogP) is 1.64. The molecule has 2 fully saturated rings. The molecule has 6 nitrogen and oxygen atoms in total. The second kappa shape index (κ2) is 5.21. The smallest absolute Gasteiger partial charge is 0.293 e. The van der Waals surface area contributed by atoms with E-state index in [1.54, 1.807) is 38.1 Å². The third kappa shape index (κ3) is 2.77. The summed E-state index contributed by atoms with van der Waals surface area (Å²) in [5.74, 6) is -0.869. The number of fused-ring (bicyclic) bond motifs is 1. The van der Waals surface area contributed by atoms with Crippen molar-refractivity contribution in [3.8, 4) is 0 Å². The Hall–Kier alpha value is -1.20. The molecule has 0 aromatic heterocycles. The Morgan fingerprint density at radius 3 is 2.67 bits per heavy atom. The van der Waals surface area contributed by atoms with E-state index in [9.17, 15) is 9.36 Å². The van der Waals surface area contributed by atoms with Gasteiger partial charge in [0.15, 0.2) is 12.1 Å². The van der Waals surface area contributed by atoms with Crippen LogP contribution in [0.3, 0.4) is 0 Å². The molecule has 2 saturated heterocycles. The molecule has 1 aromatic rings. The van der Waals surface area contributed by atoms with Crippen LogP contribution in [0.15, 0.2) is 30.3 Å². The molecule has 4 atom stereocenters. The highest BCUT2D eigenvalue weighted by Crippen LogP contribution is 2.55. The Balaban J connectivity index is 1.93. The summed E-state index contributed by atoms with van der Waals surface area (Å²) in [6, 6.07) is 8.88. The summed E-state index contributed by atoms with van der Waals surface area (Å²) < 4.78 is 35.2. The second-order valence-corrected chi connectivity index (χ2v) is 7.98. The summed E-state index contributed by atoms with van der Waals surface area (Å²) in [6.45, 7) is 3.82. The first-order valence-electron chi connectivity index (χ1n) is 6.71. The summed E-state index contributed by atoms with van der Waals surface area (Å²) in [5.41, 5.74) is 0. The first-order valence-corrected chi connectivity index (χ1v) is 8.52. The fraction of sp³-hybridized carbons (Fsp3) is 0.500. The lowest BCUT2D eigenvalue weighted by Gasteiger charge is -2.35. The lowest BCUT2D eigenvalue weighted by molar-refractivity contribution is -0.169. The van der Waals surface area contributed by atoms with Crippen molar-refractivity contribution in [2.75, 3.05) is 6.16 Å². The van der Waals surface area contributed by atoms with Crippen LogP contribution in [0.4, 0.5) is 0 Å². The molecule has 0 aliphatic carbocycles. The summed E-state index contributed by atoms with van der Waals surface area (Å²) in [5, 5.41) is 0.580. The van der Waals surface area contributed by atoms with E-state index in [1.165, 1.54) is 0 Å². The van der Waals surface area contributed by atoms with Crippen LogP contribution < -0.4 is 5.30 Å². The molecule has 1 aromatic carbocycles. The van der Waals surface area contributed by atoms with Gasteiger partial charge in [0, 0.05) is 5.30 Å². The van der Waals surface area contributed by atoms with Gasteiger partial charge in [0.25, 0.3) is 6.47 Å². The van der Waals surface area contributed by atoms with E-state index < -0.39 is 31.7 Å². The van der Waals surface area contributed by atoms with Crippen molar-refractivity contribution in [2.24, 2.45) is 0 Å². The molecule has 114 valence electrons. The molecule has 21 heavy (non-hydrogen) atoms. The van der Waals surface area contributed by atoms with E-state index in [0.717, 1.165) is 0 Å². The molecule has 7 heteroatoms. The van der Waals surface area contributed by atoms with Crippen molar-refractivity contribution in [3.63, 3.8) is 0 Å². The van der Waals surface area contributed by atoms with E-state index >= 15 is 0 Å². The Kier molecular flexibility index (Phi) is 3.66. The molecule has 0 radical (unpaired) electrons. The third-order valence-electron chi connectivity index (χ3n) is 3.53. The number of carbonyl (C=O) groups is 1. The van der Waals surface area contributed by atoms with Crippen LogP contribution in [-0.2, 0) is 28.1 Å². The largest absolute Gasteiger partial charge is 0.461 e. The van der Waals surface area contributed by atoms with Crippen LogP contribution in [0.25, 0.3) is 0 Å². The van der Waals surface area contributed by atoms with Crippen LogP contribution >= 0.6 is 7.37 Å². The molecule has 0 bridgehead atoms. The van der Waals surface area contributed by atoms with Crippen LogP contribution in [0.1, 0.15) is 13.8 Å². The summed E-state index contributed by atoms with van der Waals surface area (Å²) in [7, 11) is -3.17. The molecule has 2 aliphatic heterocycles. The molecule has 0 saturated carbocycles. The minimum Gasteiger partial charge on any atom is -0.461 e. The van der Waals surface area contributed by atoms with E-state index in [4.69, 9.17) is 18.7 Å². The third-order valence-corrected chi connectivity index (χ3v) is 6.00. The minimum absolute atomic E-state index is 0.0797. The van der Waals surface area contributed by atoms with Crippen LogP contribution in [0, 0.1) is 0 Å². The first kappa shape index (κ1) is 14.7. The molecule has 0 N–H and O–H groups in total. The minimum atomic E-state index is -3.17. The number of carbonyl (C=O) groups excluding carboxylic acids is 1. The summed E-state index contributed by atoms with van der Waals surface area (Å²) >= 11 is 0. The van der Waals surface area contributed by atoms with Crippen molar-refractivity contribution in [2.45, 2.75) is 38.1 Å². The van der Waals surface area contributed by atoms with Gasteiger partial charge in [-0.2, -0.15) is 0 Å². The maximum Gasteiger partial charge on any atom is 0.293 e. The highest BCUT2D eigenvalue weighted by atomic mass is 31.2.